The number of amides is 1. The van der Waals surface area contributed by atoms with Gasteiger partial charge in [-0.15, -0.1) is 5.11 Å². The van der Waals surface area contributed by atoms with Gasteiger partial charge in [0.1, 0.15) is 0 Å². The van der Waals surface area contributed by atoms with Crippen LogP contribution in [0, 0.1) is 5.41 Å². The van der Waals surface area contributed by atoms with E-state index in [1.54, 1.807) is 24.3 Å². The summed E-state index contributed by atoms with van der Waals surface area (Å²) >= 11 is 0. The molecule has 3 aromatic rings. The molecule has 0 saturated heterocycles. The number of benzene rings is 3. The van der Waals surface area contributed by atoms with Gasteiger partial charge in [-0.1, -0.05) is 47.7 Å². The third-order valence-electron chi connectivity index (χ3n) is 4.63. The molecule has 0 unspecified atom stereocenters. The molecule has 4 N–H and O–H groups in total. The van der Waals surface area contributed by atoms with E-state index < -0.39 is 0 Å². The van der Waals surface area contributed by atoms with Crippen molar-refractivity contribution < 1.29 is 4.79 Å². The number of anilines is 1. The zero-order valence-electron chi connectivity index (χ0n) is 14.4. The first kappa shape index (κ1) is 16.7. The first-order valence-corrected chi connectivity index (χ1v) is 8.48. The molecule has 1 aliphatic carbocycles. The largest absolute Gasteiger partial charge is 0.322 e. The quantitative estimate of drug-likeness (QED) is 0.169. The average Bonchev–Trinajstić information content (AvgIpc) is 3.06. The summed E-state index contributed by atoms with van der Waals surface area (Å²) in [6, 6.07) is 20.9. The number of hydrogen-bond acceptors (Lipinski definition) is 3. The fourth-order valence-electron chi connectivity index (χ4n) is 3.32. The van der Waals surface area contributed by atoms with E-state index in [0.717, 1.165) is 12.1 Å². The number of amidine groups is 1. The summed E-state index contributed by atoms with van der Waals surface area (Å²) in [6.07, 6.45) is 0.877. The first-order valence-electron chi connectivity index (χ1n) is 8.48. The average molecular weight is 355 g/mol. The molecule has 0 aliphatic heterocycles. The SMILES string of the molecule is N=C(/N=N\N)c1ccc(C(=O)Nc2ccc3c(c2)Cc2ccccc2-3)cc1. The van der Waals surface area contributed by atoms with Crippen molar-refractivity contribution in [3.8, 4) is 11.1 Å². The molecular weight excluding hydrogens is 338 g/mol. The van der Waals surface area contributed by atoms with E-state index in [1.165, 1.54) is 22.3 Å². The molecule has 1 aliphatic rings. The van der Waals surface area contributed by atoms with Gasteiger partial charge in [-0.2, -0.15) is 0 Å². The summed E-state index contributed by atoms with van der Waals surface area (Å²) < 4.78 is 0. The molecule has 0 radical (unpaired) electrons. The van der Waals surface area contributed by atoms with Gasteiger partial charge in [-0.25, -0.2) is 0 Å². The summed E-state index contributed by atoms with van der Waals surface area (Å²) in [5, 5.41) is 17.2. The van der Waals surface area contributed by atoms with Crippen molar-refractivity contribution in [1.29, 1.82) is 5.41 Å². The van der Waals surface area contributed by atoms with Gasteiger partial charge in [0.2, 0.25) is 0 Å². The Kier molecular flexibility index (Phi) is 4.22. The van der Waals surface area contributed by atoms with Gasteiger partial charge in [0.25, 0.3) is 5.91 Å². The van der Waals surface area contributed by atoms with Crippen LogP contribution in [0.4, 0.5) is 5.69 Å². The molecule has 0 fully saturated rings. The van der Waals surface area contributed by atoms with Gasteiger partial charge < -0.3 is 11.2 Å². The second-order valence-corrected chi connectivity index (χ2v) is 6.30. The van der Waals surface area contributed by atoms with Crippen molar-refractivity contribution in [2.24, 2.45) is 16.2 Å². The van der Waals surface area contributed by atoms with Crippen LogP contribution in [0.25, 0.3) is 11.1 Å². The number of nitrogens with one attached hydrogen (secondary N) is 2. The standard InChI is InChI=1S/C21H17N5O/c22-20(25-26-23)13-5-7-14(8-6-13)21(27)24-17-9-10-19-16(12-17)11-15-3-1-2-4-18(15)19/h1-10,12H,11H2,(H,24,27)(H3,22,23,25). The predicted octanol–water partition coefficient (Wildman–Crippen LogP) is 4.16. The maximum absolute atomic E-state index is 12.5. The summed E-state index contributed by atoms with van der Waals surface area (Å²) in [4.78, 5) is 12.5. The molecule has 27 heavy (non-hydrogen) atoms. The zero-order chi connectivity index (χ0) is 18.8. The minimum absolute atomic E-state index is 0.0531. The second-order valence-electron chi connectivity index (χ2n) is 6.30. The second kappa shape index (κ2) is 6.84. The van der Waals surface area contributed by atoms with Crippen molar-refractivity contribution in [3.63, 3.8) is 0 Å². The van der Waals surface area contributed by atoms with Crippen molar-refractivity contribution in [2.75, 3.05) is 5.32 Å². The minimum Gasteiger partial charge on any atom is -0.322 e. The monoisotopic (exact) mass is 355 g/mol. The van der Waals surface area contributed by atoms with Crippen molar-refractivity contribution in [2.45, 2.75) is 6.42 Å². The third-order valence-corrected chi connectivity index (χ3v) is 4.63. The smallest absolute Gasteiger partial charge is 0.255 e. The van der Waals surface area contributed by atoms with Gasteiger partial charge in [0.05, 0.1) is 0 Å². The number of nitrogens with zero attached hydrogens (tertiary/aromatic N) is 2. The van der Waals surface area contributed by atoms with Crippen LogP contribution < -0.4 is 11.2 Å². The summed E-state index contributed by atoms with van der Waals surface area (Å²) in [5.41, 5.74) is 6.81. The number of fused-ring (bicyclic) bond motifs is 3. The van der Waals surface area contributed by atoms with Crippen molar-refractivity contribution in [3.05, 3.63) is 89.0 Å². The number of hydrogen-bond donors (Lipinski definition) is 3. The van der Waals surface area contributed by atoms with Crippen LogP contribution in [0.2, 0.25) is 0 Å². The van der Waals surface area contributed by atoms with Crippen LogP contribution in [0.3, 0.4) is 0 Å². The van der Waals surface area contributed by atoms with Crippen LogP contribution in [0.15, 0.2) is 77.1 Å². The predicted molar refractivity (Wildman–Crippen MR) is 105 cm³/mol. The van der Waals surface area contributed by atoms with E-state index >= 15 is 0 Å². The molecule has 0 spiro atoms. The minimum atomic E-state index is -0.205. The van der Waals surface area contributed by atoms with E-state index in [-0.39, 0.29) is 11.7 Å². The Bertz CT molecular complexity index is 1070. The topological polar surface area (TPSA) is 104 Å². The Morgan fingerprint density at radius 1 is 0.926 bits per heavy atom. The molecular formula is C21H17N5O. The maximum atomic E-state index is 12.5. The summed E-state index contributed by atoms with van der Waals surface area (Å²) in [6.45, 7) is 0. The maximum Gasteiger partial charge on any atom is 0.255 e. The van der Waals surface area contributed by atoms with E-state index in [4.69, 9.17) is 11.3 Å². The van der Waals surface area contributed by atoms with E-state index in [2.05, 4.69) is 33.9 Å². The fourth-order valence-corrected chi connectivity index (χ4v) is 3.32. The van der Waals surface area contributed by atoms with Crippen molar-refractivity contribution >= 4 is 17.4 Å². The van der Waals surface area contributed by atoms with E-state index in [0.29, 0.717) is 11.1 Å². The Balaban J connectivity index is 1.51. The molecule has 4 rings (SSSR count). The van der Waals surface area contributed by atoms with Gasteiger partial charge in [0, 0.05) is 16.8 Å². The van der Waals surface area contributed by atoms with Gasteiger partial charge in [-0.05, 0) is 52.9 Å². The Morgan fingerprint density at radius 2 is 1.63 bits per heavy atom. The molecule has 0 atom stereocenters. The number of carbonyl (C=O) groups is 1. The lowest BCUT2D eigenvalue weighted by Crippen LogP contribution is -2.12. The van der Waals surface area contributed by atoms with Crippen LogP contribution in [0.1, 0.15) is 27.0 Å². The Labute approximate surface area is 156 Å². The van der Waals surface area contributed by atoms with Gasteiger partial charge >= 0.3 is 0 Å². The fraction of sp³-hybridized carbons (Fsp3) is 0.0476. The lowest BCUT2D eigenvalue weighted by atomic mass is 10.1. The lowest BCUT2D eigenvalue weighted by Gasteiger charge is -2.08. The Hall–Kier alpha value is -3.80. The van der Waals surface area contributed by atoms with Crippen LogP contribution >= 0.6 is 0 Å². The van der Waals surface area contributed by atoms with Gasteiger partial charge in [-0.3, -0.25) is 10.2 Å². The molecule has 132 valence electrons. The molecule has 6 nitrogen and oxygen atoms in total. The molecule has 0 aromatic heterocycles. The summed E-state index contributed by atoms with van der Waals surface area (Å²) in [5.74, 6) is 4.69. The van der Waals surface area contributed by atoms with Crippen LogP contribution in [0.5, 0.6) is 0 Å². The Morgan fingerprint density at radius 3 is 2.41 bits per heavy atom. The van der Waals surface area contributed by atoms with Crippen LogP contribution in [-0.4, -0.2) is 11.7 Å². The third kappa shape index (κ3) is 3.20. The van der Waals surface area contributed by atoms with Crippen LogP contribution in [-0.2, 0) is 6.42 Å². The molecule has 3 aromatic carbocycles. The lowest BCUT2D eigenvalue weighted by molar-refractivity contribution is 0.102. The first-order chi connectivity index (χ1) is 13.2. The summed E-state index contributed by atoms with van der Waals surface area (Å²) in [7, 11) is 0. The van der Waals surface area contributed by atoms with Gasteiger partial charge in [0.15, 0.2) is 5.84 Å². The molecule has 0 heterocycles. The highest BCUT2D eigenvalue weighted by atomic mass is 16.1. The molecule has 6 heteroatoms. The number of rotatable bonds is 3. The van der Waals surface area contributed by atoms with Crippen molar-refractivity contribution in [1.82, 2.24) is 0 Å². The van der Waals surface area contributed by atoms with E-state index in [9.17, 15) is 4.79 Å². The number of carbonyl (C=O) groups excluding carboxylic acids is 1. The molecule has 0 bridgehead atoms. The molecule has 1 amide bonds. The molecule has 0 saturated carbocycles. The number of nitrogens with two attached hydrogens (primary N) is 1. The normalized spacial score (nSPS) is 11.9. The van der Waals surface area contributed by atoms with E-state index in [1.807, 2.05) is 24.3 Å². The zero-order valence-corrected chi connectivity index (χ0v) is 14.4. The highest BCUT2D eigenvalue weighted by Gasteiger charge is 2.18. The highest BCUT2D eigenvalue weighted by molar-refractivity contribution is 6.05. The highest BCUT2D eigenvalue weighted by Crippen LogP contribution is 2.37.